The topological polar surface area (TPSA) is 147 Å². The summed E-state index contributed by atoms with van der Waals surface area (Å²) in [6.07, 6.45) is 6.53. The lowest BCUT2D eigenvalue weighted by Gasteiger charge is -2.40. The number of nitrogens with zero attached hydrogens (tertiary/aromatic N) is 4. The molecule has 0 radical (unpaired) electrons. The van der Waals surface area contributed by atoms with E-state index in [1.165, 1.54) is 0 Å². The third-order valence-electron chi connectivity index (χ3n) is 9.35. The molecule has 2 aliphatic heterocycles. The second-order valence-corrected chi connectivity index (χ2v) is 13.2. The summed E-state index contributed by atoms with van der Waals surface area (Å²) in [5.41, 5.74) is 6.13. The Bertz CT molecular complexity index is 1320. The summed E-state index contributed by atoms with van der Waals surface area (Å²) in [5, 5.41) is 8.39. The van der Waals surface area contributed by atoms with Crippen LogP contribution in [-0.4, -0.2) is 67.8 Å². The SMILES string of the molecule is C=C/C(=C\C(=C)N)c1cn(CCCCN2C(=O)O[C@]3(C)[C@@H](CC)OC(=O)[C@H](C)C(=O)[C@H](C)C[C@@H](C)C[C@@H](C)C(=O)[C@H](C)[C@@H]23)nn1. The number of hydrogen-bond acceptors (Lipinski definition) is 9. The number of amides is 1. The van der Waals surface area contributed by atoms with Gasteiger partial charge in [-0.3, -0.25) is 19.1 Å². The molecule has 0 unspecified atom stereocenters. The summed E-state index contributed by atoms with van der Waals surface area (Å²) < 4.78 is 13.7. The lowest BCUT2D eigenvalue weighted by atomic mass is 9.75. The fraction of sp³-hybridized carbons (Fsp3) is 0.647. The smallest absolute Gasteiger partial charge is 0.410 e. The van der Waals surface area contributed by atoms with Crippen molar-refractivity contribution in [3.05, 3.63) is 42.9 Å². The van der Waals surface area contributed by atoms with Crippen molar-refractivity contribution in [2.75, 3.05) is 6.54 Å². The van der Waals surface area contributed by atoms with E-state index >= 15 is 0 Å². The lowest BCUT2D eigenvalue weighted by molar-refractivity contribution is -0.171. The largest absolute Gasteiger partial charge is 0.458 e. The van der Waals surface area contributed by atoms with Crippen molar-refractivity contribution in [2.45, 2.75) is 105 Å². The minimum Gasteiger partial charge on any atom is -0.458 e. The molecule has 1 amide bonds. The molecule has 2 N–H and O–H groups in total. The van der Waals surface area contributed by atoms with Gasteiger partial charge in [0.2, 0.25) is 0 Å². The van der Waals surface area contributed by atoms with E-state index in [-0.39, 0.29) is 29.3 Å². The van der Waals surface area contributed by atoms with E-state index in [0.29, 0.717) is 62.2 Å². The predicted molar refractivity (Wildman–Crippen MR) is 171 cm³/mol. The van der Waals surface area contributed by atoms with Crippen LogP contribution in [0.5, 0.6) is 0 Å². The molecule has 3 rings (SSSR count). The number of carbonyl (C=O) groups is 4. The molecule has 1 aromatic heterocycles. The number of ketones is 2. The van der Waals surface area contributed by atoms with Crippen LogP contribution in [0.2, 0.25) is 0 Å². The Labute approximate surface area is 267 Å². The van der Waals surface area contributed by atoms with Crippen LogP contribution in [0.15, 0.2) is 37.2 Å². The number of nitrogens with two attached hydrogens (primary N) is 1. The van der Waals surface area contributed by atoms with Crippen molar-refractivity contribution in [3.63, 3.8) is 0 Å². The lowest BCUT2D eigenvalue weighted by Crippen LogP contribution is -2.57. The number of carbonyl (C=O) groups excluding carboxylic acids is 4. The summed E-state index contributed by atoms with van der Waals surface area (Å²) in [6, 6.07) is -0.663. The van der Waals surface area contributed by atoms with Gasteiger partial charge in [-0.1, -0.05) is 59.1 Å². The van der Waals surface area contributed by atoms with E-state index in [1.807, 2.05) is 34.6 Å². The summed E-state index contributed by atoms with van der Waals surface area (Å²) in [5.74, 6) is -2.85. The molecule has 2 aliphatic rings. The van der Waals surface area contributed by atoms with E-state index in [4.69, 9.17) is 15.2 Å². The number of aromatic nitrogens is 3. The van der Waals surface area contributed by atoms with Crippen LogP contribution >= 0.6 is 0 Å². The van der Waals surface area contributed by atoms with Gasteiger partial charge in [0.25, 0.3) is 0 Å². The number of aryl methyl sites for hydroxylation is 1. The second-order valence-electron chi connectivity index (χ2n) is 13.2. The van der Waals surface area contributed by atoms with Crippen LogP contribution in [-0.2, 0) is 30.4 Å². The molecule has 8 atom stereocenters. The van der Waals surface area contributed by atoms with Crippen LogP contribution < -0.4 is 5.73 Å². The average Bonchev–Trinajstić information content (AvgIpc) is 3.55. The van der Waals surface area contributed by atoms with Gasteiger partial charge in [0, 0.05) is 42.1 Å². The number of ether oxygens (including phenoxy) is 2. The van der Waals surface area contributed by atoms with Crippen molar-refractivity contribution >= 4 is 29.2 Å². The molecular formula is C34H51N5O6. The van der Waals surface area contributed by atoms with Crippen molar-refractivity contribution in [1.82, 2.24) is 19.9 Å². The molecule has 0 spiro atoms. The quantitative estimate of drug-likeness (QED) is 0.171. The van der Waals surface area contributed by atoms with E-state index in [0.717, 1.165) is 0 Å². The second kappa shape index (κ2) is 15.0. The van der Waals surface area contributed by atoms with Crippen molar-refractivity contribution in [3.8, 4) is 0 Å². The number of rotatable bonds is 9. The number of unbranched alkanes of at least 4 members (excludes halogenated alkanes) is 1. The molecule has 0 saturated carbocycles. The van der Waals surface area contributed by atoms with Gasteiger partial charge in [-0.2, -0.15) is 0 Å². The zero-order valence-corrected chi connectivity index (χ0v) is 28.0. The fourth-order valence-electron chi connectivity index (χ4n) is 7.05. The van der Waals surface area contributed by atoms with Crippen LogP contribution in [0.4, 0.5) is 4.79 Å². The Kier molecular flexibility index (Phi) is 11.9. The Morgan fingerprint density at radius 3 is 2.29 bits per heavy atom. The zero-order chi connectivity index (χ0) is 33.6. The Balaban J connectivity index is 1.85. The monoisotopic (exact) mass is 625 g/mol. The van der Waals surface area contributed by atoms with Crippen molar-refractivity contribution < 1.29 is 28.7 Å². The van der Waals surface area contributed by atoms with Crippen LogP contribution in [0.1, 0.15) is 86.3 Å². The molecule has 1 aromatic rings. The van der Waals surface area contributed by atoms with Gasteiger partial charge in [0.05, 0.1) is 12.2 Å². The molecular weight excluding hydrogens is 574 g/mol. The average molecular weight is 626 g/mol. The number of Topliss-reactive ketones (excluding diaryl/α,β-unsaturated/α-hetero) is 2. The van der Waals surface area contributed by atoms with E-state index in [2.05, 4.69) is 23.5 Å². The van der Waals surface area contributed by atoms with Gasteiger partial charge in [-0.05, 0) is 57.9 Å². The first-order chi connectivity index (χ1) is 21.1. The standard InChI is InChI=1S/C34H51N5O6/c1-10-26(18-23(6)35)27-19-38(37-36-27)14-12-13-15-39-31-24(7)29(40)21(4)16-20(3)17-22(5)30(41)25(8)32(42)44-28(11-2)34(31,9)45-33(39)43/h10,18-22,24-25,28,31H,1,6,11-17,35H2,2-5,7-9H3/b26-18+/t20-,21+,22+,24-,25+,28+,31+,34+/m0/s1. The molecule has 2 fully saturated rings. The molecule has 0 aromatic carbocycles. The molecule has 11 heteroatoms. The van der Waals surface area contributed by atoms with Crippen LogP contribution in [0, 0.1) is 29.6 Å². The number of cyclic esters (lactones) is 1. The molecule has 248 valence electrons. The highest BCUT2D eigenvalue weighted by Gasteiger charge is 2.59. The third-order valence-corrected chi connectivity index (χ3v) is 9.35. The molecule has 0 aliphatic carbocycles. The first kappa shape index (κ1) is 35.7. The van der Waals surface area contributed by atoms with Gasteiger partial charge in [0.15, 0.2) is 5.60 Å². The fourth-order valence-corrected chi connectivity index (χ4v) is 7.05. The minimum atomic E-state index is -1.29. The number of fused-ring (bicyclic) bond motifs is 1. The Morgan fingerprint density at radius 2 is 1.69 bits per heavy atom. The third kappa shape index (κ3) is 8.10. The molecule has 45 heavy (non-hydrogen) atoms. The summed E-state index contributed by atoms with van der Waals surface area (Å²) in [4.78, 5) is 55.4. The van der Waals surface area contributed by atoms with Crippen molar-refractivity contribution in [1.29, 1.82) is 0 Å². The Morgan fingerprint density at radius 1 is 1.07 bits per heavy atom. The summed E-state index contributed by atoms with van der Waals surface area (Å²) in [6.45, 7) is 21.1. The van der Waals surface area contributed by atoms with Gasteiger partial charge in [0.1, 0.15) is 29.3 Å². The minimum absolute atomic E-state index is 0.0216. The maximum absolute atomic E-state index is 13.9. The van der Waals surface area contributed by atoms with Crippen molar-refractivity contribution in [2.24, 2.45) is 35.3 Å². The number of allylic oxidation sites excluding steroid dienone is 3. The van der Waals surface area contributed by atoms with E-state index < -0.39 is 41.6 Å². The van der Waals surface area contributed by atoms with E-state index in [9.17, 15) is 19.2 Å². The van der Waals surface area contributed by atoms with Gasteiger partial charge in [-0.25, -0.2) is 4.79 Å². The molecule has 11 nitrogen and oxygen atoms in total. The van der Waals surface area contributed by atoms with Gasteiger partial charge < -0.3 is 20.1 Å². The number of esters is 1. The van der Waals surface area contributed by atoms with Gasteiger partial charge in [-0.15, -0.1) is 5.10 Å². The normalized spacial score (nSPS) is 32.0. The highest BCUT2D eigenvalue weighted by Crippen LogP contribution is 2.41. The van der Waals surface area contributed by atoms with Crippen LogP contribution in [0.25, 0.3) is 5.57 Å². The Hall–Kier alpha value is -3.76. The summed E-state index contributed by atoms with van der Waals surface area (Å²) >= 11 is 0. The zero-order valence-electron chi connectivity index (χ0n) is 28.0. The van der Waals surface area contributed by atoms with Crippen LogP contribution in [0.3, 0.4) is 0 Å². The molecule has 2 saturated heterocycles. The number of hydrogen-bond donors (Lipinski definition) is 1. The molecule has 3 heterocycles. The first-order valence-electron chi connectivity index (χ1n) is 16.1. The predicted octanol–water partition coefficient (Wildman–Crippen LogP) is 5.11. The maximum atomic E-state index is 13.9. The van der Waals surface area contributed by atoms with Gasteiger partial charge >= 0.3 is 12.1 Å². The highest BCUT2D eigenvalue weighted by molar-refractivity contribution is 5.99. The first-order valence-corrected chi connectivity index (χ1v) is 16.1. The van der Waals surface area contributed by atoms with E-state index in [1.54, 1.807) is 41.8 Å². The molecule has 0 bridgehead atoms. The maximum Gasteiger partial charge on any atom is 0.410 e. The summed E-state index contributed by atoms with van der Waals surface area (Å²) in [7, 11) is 0. The highest BCUT2D eigenvalue weighted by atomic mass is 16.6.